The van der Waals surface area contributed by atoms with Crippen LogP contribution in [0.3, 0.4) is 0 Å². The second-order valence-corrected chi connectivity index (χ2v) is 18.4. The Morgan fingerprint density at radius 1 is 0.908 bits per heavy atom. The molecule has 0 radical (unpaired) electrons. The van der Waals surface area contributed by atoms with Crippen molar-refractivity contribution < 1.29 is 44.2 Å². The topological polar surface area (TPSA) is 180 Å². The van der Waals surface area contributed by atoms with Crippen molar-refractivity contribution in [1.29, 1.82) is 0 Å². The summed E-state index contributed by atoms with van der Waals surface area (Å²) in [4.78, 5) is 31.6. The molecule has 2 aliphatic rings. The number of carbonyl (C=O) groups is 2. The Hall–Kier alpha value is -4.64. The summed E-state index contributed by atoms with van der Waals surface area (Å²) >= 11 is 0. The molecule has 12 atom stereocenters. The minimum absolute atomic E-state index is 0.106. The molecule has 3 heterocycles. The van der Waals surface area contributed by atoms with E-state index in [2.05, 4.69) is 51.6 Å². The van der Waals surface area contributed by atoms with Crippen LogP contribution >= 0.6 is 0 Å². The highest BCUT2D eigenvalue weighted by atomic mass is 16.7. The Morgan fingerprint density at radius 3 is 2.34 bits per heavy atom. The molecule has 0 saturated carbocycles. The van der Waals surface area contributed by atoms with Crippen molar-refractivity contribution in [1.82, 2.24) is 24.8 Å². The van der Waals surface area contributed by atoms with Crippen molar-refractivity contribution in [3.05, 3.63) is 114 Å². The van der Waals surface area contributed by atoms with Crippen LogP contribution in [0, 0.1) is 23.7 Å². The number of ketones is 1. The van der Waals surface area contributed by atoms with E-state index in [1.54, 1.807) is 49.7 Å². The SMILES string of the molecule is CC[C@H]1OC(=O)C[C@@H](O)[C@H](C)[C@@H](O[C@@H]2O[C@H](C)C(O)C(N(C)C)C2O)[C@@H](CCN(Cc2ccccc2)Cc2cn(-c3ccc4ccccc4c3)nn2)C[C@@H](C)C(=O)/C=C/C(C)=C/[C@@H]1CO. The number of fused-ring (bicyclic) bond motifs is 1. The lowest BCUT2D eigenvalue weighted by molar-refractivity contribution is -0.304. The zero-order valence-electron chi connectivity index (χ0n) is 38.9. The number of aliphatic hydroxyl groups excluding tert-OH is 4. The van der Waals surface area contributed by atoms with Gasteiger partial charge in [-0.05, 0) is 94.2 Å². The van der Waals surface area contributed by atoms with Gasteiger partial charge >= 0.3 is 5.97 Å². The maximum atomic E-state index is 14.0. The lowest BCUT2D eigenvalue weighted by Gasteiger charge is -2.46. The number of nitrogens with zero attached hydrogens (tertiary/aromatic N) is 5. The molecule has 3 aromatic carbocycles. The number of cyclic esters (lactones) is 1. The summed E-state index contributed by atoms with van der Waals surface area (Å²) in [5, 5.41) is 56.4. The van der Waals surface area contributed by atoms with E-state index in [9.17, 15) is 30.0 Å². The number of esters is 1. The van der Waals surface area contributed by atoms with Gasteiger partial charge in [0.15, 0.2) is 12.1 Å². The number of hydrogen-bond donors (Lipinski definition) is 4. The van der Waals surface area contributed by atoms with Gasteiger partial charge in [0.25, 0.3) is 0 Å². The molecule has 3 unspecified atom stereocenters. The molecule has 1 aromatic heterocycles. The lowest BCUT2D eigenvalue weighted by atomic mass is 9.79. The molecule has 352 valence electrons. The number of likely N-dealkylation sites (N-methyl/N-ethyl adjacent to an activating group) is 1. The summed E-state index contributed by atoms with van der Waals surface area (Å²) in [6.45, 7) is 10.4. The minimum atomic E-state index is -1.27. The molecule has 14 nitrogen and oxygen atoms in total. The van der Waals surface area contributed by atoms with Crippen molar-refractivity contribution in [2.24, 2.45) is 23.7 Å². The number of aliphatic hydroxyl groups is 4. The number of carbonyl (C=O) groups excluding carboxylic acids is 2. The van der Waals surface area contributed by atoms with Crippen LogP contribution in [-0.2, 0) is 36.9 Å². The zero-order chi connectivity index (χ0) is 46.8. The molecule has 4 N–H and O–H groups in total. The standard InChI is InChI=1S/C51H69N5O9/c1-8-45-40(31-57)24-32(2)18-21-43(58)33(3)25-39(50(34(4)44(59)27-46(60)64-45)65-51-49(62)47(54(6)7)48(61)35(5)63-51)22-23-55(28-36-14-10-9-11-15-36)29-41-30-56(53-52-41)42-20-19-37-16-12-13-17-38(37)26-42/h9-21,24,26,30,33-35,39-40,44-45,47-51,57,59,61-62H,8,22-23,25,27-29,31H2,1-7H3/b21-18+,32-24+/t33-,34+,35-,39+,40-,44-,45-,47?,48?,49?,50-,51+/m1/s1. The maximum absolute atomic E-state index is 14.0. The predicted molar refractivity (Wildman–Crippen MR) is 248 cm³/mol. The summed E-state index contributed by atoms with van der Waals surface area (Å²) in [5.74, 6) is -2.88. The average Bonchev–Trinajstić information content (AvgIpc) is 3.76. The number of rotatable bonds is 13. The normalized spacial score (nSPS) is 31.2. The highest BCUT2D eigenvalue weighted by Gasteiger charge is 2.47. The monoisotopic (exact) mass is 896 g/mol. The molecule has 4 aromatic rings. The van der Waals surface area contributed by atoms with E-state index in [-0.39, 0.29) is 18.8 Å². The molecule has 65 heavy (non-hydrogen) atoms. The Bertz CT molecular complexity index is 2210. The van der Waals surface area contributed by atoms with Gasteiger partial charge in [-0.25, -0.2) is 4.68 Å². The molecule has 14 heteroatoms. The smallest absolute Gasteiger partial charge is 0.308 e. The van der Waals surface area contributed by atoms with E-state index in [0.717, 1.165) is 33.3 Å². The Labute approximate surface area is 383 Å². The van der Waals surface area contributed by atoms with Gasteiger partial charge in [-0.15, -0.1) is 5.10 Å². The van der Waals surface area contributed by atoms with Crippen LogP contribution in [0.25, 0.3) is 16.5 Å². The maximum Gasteiger partial charge on any atom is 0.308 e. The third-order valence-corrected chi connectivity index (χ3v) is 13.2. The highest BCUT2D eigenvalue weighted by molar-refractivity contribution is 5.91. The Balaban J connectivity index is 1.35. The average molecular weight is 896 g/mol. The minimum Gasteiger partial charge on any atom is -0.462 e. The fourth-order valence-corrected chi connectivity index (χ4v) is 9.31. The molecule has 1 fully saturated rings. The quantitative estimate of drug-likeness (QED) is 0.121. The van der Waals surface area contributed by atoms with E-state index < -0.39 is 78.6 Å². The molecule has 6 rings (SSSR count). The molecule has 0 bridgehead atoms. The first-order chi connectivity index (χ1) is 31.1. The van der Waals surface area contributed by atoms with E-state index in [1.807, 2.05) is 69.4 Å². The van der Waals surface area contributed by atoms with Crippen molar-refractivity contribution in [2.45, 2.75) is 122 Å². The van der Waals surface area contributed by atoms with Crippen LogP contribution in [0.5, 0.6) is 0 Å². The van der Waals surface area contributed by atoms with Crippen LogP contribution in [0.2, 0.25) is 0 Å². The molecule has 0 spiro atoms. The fourth-order valence-electron chi connectivity index (χ4n) is 9.31. The molecule has 0 aliphatic carbocycles. The highest BCUT2D eigenvalue weighted by Crippen LogP contribution is 2.35. The van der Waals surface area contributed by atoms with Gasteiger partial charge in [-0.1, -0.05) is 104 Å². The largest absolute Gasteiger partial charge is 0.462 e. The first kappa shape index (κ1) is 49.8. The number of aromatic nitrogens is 3. The second-order valence-electron chi connectivity index (χ2n) is 18.4. The zero-order valence-corrected chi connectivity index (χ0v) is 38.9. The second kappa shape index (κ2) is 23.2. The van der Waals surface area contributed by atoms with Crippen LogP contribution in [0.1, 0.15) is 71.6 Å². The molecule has 0 amide bonds. The van der Waals surface area contributed by atoms with Crippen molar-refractivity contribution >= 4 is 22.5 Å². The predicted octanol–water partition coefficient (Wildman–Crippen LogP) is 5.64. The summed E-state index contributed by atoms with van der Waals surface area (Å²) in [6, 6.07) is 23.7. The van der Waals surface area contributed by atoms with E-state index in [0.29, 0.717) is 38.9 Å². The summed E-state index contributed by atoms with van der Waals surface area (Å²) in [6.07, 6.45) is 0.954. The van der Waals surface area contributed by atoms with Gasteiger partial charge in [-0.3, -0.25) is 14.5 Å². The number of allylic oxidation sites excluding steroid dienone is 3. The first-order valence-electron chi connectivity index (χ1n) is 23.0. The third-order valence-electron chi connectivity index (χ3n) is 13.2. The van der Waals surface area contributed by atoms with Gasteiger partial charge in [-0.2, -0.15) is 0 Å². The molecular formula is C51H69N5O9. The summed E-state index contributed by atoms with van der Waals surface area (Å²) in [7, 11) is 3.54. The Kier molecular flexibility index (Phi) is 17.8. The van der Waals surface area contributed by atoms with Crippen molar-refractivity contribution in [3.8, 4) is 5.69 Å². The molecule has 2 aliphatic heterocycles. The van der Waals surface area contributed by atoms with E-state index >= 15 is 0 Å². The van der Waals surface area contributed by atoms with Gasteiger partial charge in [0.2, 0.25) is 0 Å². The van der Waals surface area contributed by atoms with Crippen LogP contribution < -0.4 is 0 Å². The summed E-state index contributed by atoms with van der Waals surface area (Å²) < 4.78 is 20.7. The summed E-state index contributed by atoms with van der Waals surface area (Å²) in [5.41, 5.74) is 3.48. The van der Waals surface area contributed by atoms with Crippen LogP contribution in [0.4, 0.5) is 0 Å². The molecule has 1 saturated heterocycles. The van der Waals surface area contributed by atoms with Gasteiger partial charge in [0.05, 0.1) is 61.1 Å². The van der Waals surface area contributed by atoms with E-state index in [1.165, 1.54) is 0 Å². The fraction of sp³-hybridized carbons (Fsp3) is 0.529. The first-order valence-corrected chi connectivity index (χ1v) is 23.0. The number of ether oxygens (including phenoxy) is 3. The third kappa shape index (κ3) is 13.0. The van der Waals surface area contributed by atoms with Gasteiger partial charge < -0.3 is 39.5 Å². The van der Waals surface area contributed by atoms with Crippen LogP contribution in [0.15, 0.2) is 103 Å². The van der Waals surface area contributed by atoms with E-state index in [4.69, 9.17) is 14.2 Å². The van der Waals surface area contributed by atoms with Gasteiger partial charge in [0, 0.05) is 30.8 Å². The molecular weight excluding hydrogens is 827 g/mol. The lowest BCUT2D eigenvalue weighted by Crippen LogP contribution is -2.63. The Morgan fingerprint density at radius 2 is 1.63 bits per heavy atom. The van der Waals surface area contributed by atoms with Crippen LogP contribution in [-0.4, -0.2) is 133 Å². The van der Waals surface area contributed by atoms with Gasteiger partial charge in [0.1, 0.15) is 12.2 Å². The van der Waals surface area contributed by atoms with Crippen molar-refractivity contribution in [2.75, 3.05) is 27.2 Å². The number of hydrogen-bond acceptors (Lipinski definition) is 13. The van der Waals surface area contributed by atoms with Crippen molar-refractivity contribution in [3.63, 3.8) is 0 Å². The number of benzene rings is 3.